The SMILES string of the molecule is COC1(C(=O)N2CCc3ccccc3C(NC(=O)CC3(C)CC3)C2)CC1. The van der Waals surface area contributed by atoms with Crippen molar-refractivity contribution < 1.29 is 14.3 Å². The summed E-state index contributed by atoms with van der Waals surface area (Å²) in [7, 11) is 1.62. The molecule has 2 saturated carbocycles. The maximum absolute atomic E-state index is 13.0. The van der Waals surface area contributed by atoms with Crippen molar-refractivity contribution in [2.45, 2.75) is 57.1 Å². The first-order valence-corrected chi connectivity index (χ1v) is 9.66. The third-order valence-electron chi connectivity index (χ3n) is 6.28. The number of carbonyl (C=O) groups excluding carboxylic acids is 2. The highest BCUT2D eigenvalue weighted by Crippen LogP contribution is 2.48. The molecule has 2 aliphatic carbocycles. The Balaban J connectivity index is 1.54. The molecule has 3 aliphatic rings. The van der Waals surface area contributed by atoms with Crippen molar-refractivity contribution in [3.8, 4) is 0 Å². The van der Waals surface area contributed by atoms with Crippen molar-refractivity contribution in [2.24, 2.45) is 5.41 Å². The van der Waals surface area contributed by atoms with Gasteiger partial charge < -0.3 is 15.0 Å². The Kier molecular flexibility index (Phi) is 4.30. The Labute approximate surface area is 155 Å². The third-order valence-corrected chi connectivity index (χ3v) is 6.28. The number of methoxy groups -OCH3 is 1. The van der Waals surface area contributed by atoms with Crippen LogP contribution in [0.5, 0.6) is 0 Å². The van der Waals surface area contributed by atoms with Crippen LogP contribution in [-0.4, -0.2) is 42.5 Å². The third kappa shape index (κ3) is 3.37. The van der Waals surface area contributed by atoms with Crippen molar-refractivity contribution in [1.82, 2.24) is 10.2 Å². The van der Waals surface area contributed by atoms with Gasteiger partial charge >= 0.3 is 0 Å². The summed E-state index contributed by atoms with van der Waals surface area (Å²) in [5.74, 6) is 0.160. The highest BCUT2D eigenvalue weighted by molar-refractivity contribution is 5.88. The number of benzene rings is 1. The molecule has 5 heteroatoms. The molecule has 1 unspecified atom stereocenters. The molecule has 0 radical (unpaired) electrons. The van der Waals surface area contributed by atoms with E-state index in [4.69, 9.17) is 4.74 Å². The average molecular weight is 356 g/mol. The lowest BCUT2D eigenvalue weighted by Crippen LogP contribution is -2.46. The van der Waals surface area contributed by atoms with E-state index in [1.54, 1.807) is 7.11 Å². The van der Waals surface area contributed by atoms with Gasteiger partial charge in [-0.1, -0.05) is 31.2 Å². The first kappa shape index (κ1) is 17.5. The number of nitrogens with zero attached hydrogens (tertiary/aromatic N) is 1. The summed E-state index contributed by atoms with van der Waals surface area (Å²) in [5.41, 5.74) is 1.91. The van der Waals surface area contributed by atoms with Crippen LogP contribution in [0.4, 0.5) is 0 Å². The normalized spacial score (nSPS) is 25.0. The first-order chi connectivity index (χ1) is 12.4. The van der Waals surface area contributed by atoms with Crippen molar-refractivity contribution in [3.05, 3.63) is 35.4 Å². The van der Waals surface area contributed by atoms with Crippen LogP contribution >= 0.6 is 0 Å². The van der Waals surface area contributed by atoms with Gasteiger partial charge in [-0.2, -0.15) is 0 Å². The predicted molar refractivity (Wildman–Crippen MR) is 98.5 cm³/mol. The van der Waals surface area contributed by atoms with Crippen molar-refractivity contribution in [2.75, 3.05) is 20.2 Å². The summed E-state index contributed by atoms with van der Waals surface area (Å²) < 4.78 is 5.49. The number of ether oxygens (including phenoxy) is 1. The van der Waals surface area contributed by atoms with Crippen LogP contribution in [0.15, 0.2) is 24.3 Å². The maximum Gasteiger partial charge on any atom is 0.254 e. The molecule has 0 bridgehead atoms. The largest absolute Gasteiger partial charge is 0.368 e. The smallest absolute Gasteiger partial charge is 0.254 e. The van der Waals surface area contributed by atoms with E-state index in [2.05, 4.69) is 24.4 Å². The highest BCUT2D eigenvalue weighted by atomic mass is 16.5. The summed E-state index contributed by atoms with van der Waals surface area (Å²) in [6.45, 7) is 3.35. The van der Waals surface area contributed by atoms with Gasteiger partial charge in [-0.15, -0.1) is 0 Å². The molecule has 1 aromatic rings. The fourth-order valence-electron chi connectivity index (χ4n) is 4.01. The Morgan fingerprint density at radius 2 is 1.96 bits per heavy atom. The molecule has 0 saturated heterocycles. The highest BCUT2D eigenvalue weighted by Gasteiger charge is 2.53. The topological polar surface area (TPSA) is 58.6 Å². The molecule has 1 heterocycles. The monoisotopic (exact) mass is 356 g/mol. The lowest BCUT2D eigenvalue weighted by Gasteiger charge is -2.29. The molecule has 0 spiro atoms. The Morgan fingerprint density at radius 1 is 1.23 bits per heavy atom. The Hall–Kier alpha value is -1.88. The minimum atomic E-state index is -0.618. The summed E-state index contributed by atoms with van der Waals surface area (Å²) in [4.78, 5) is 27.5. The van der Waals surface area contributed by atoms with Crippen LogP contribution in [-0.2, 0) is 20.7 Å². The van der Waals surface area contributed by atoms with E-state index in [1.807, 2.05) is 17.0 Å². The van der Waals surface area contributed by atoms with Gasteiger partial charge in [-0.25, -0.2) is 0 Å². The molecule has 1 aromatic carbocycles. The number of amides is 2. The minimum Gasteiger partial charge on any atom is -0.368 e. The molecule has 0 aromatic heterocycles. The van der Waals surface area contributed by atoms with Gasteiger partial charge in [0.1, 0.15) is 5.60 Å². The molecule has 2 amide bonds. The molecular weight excluding hydrogens is 328 g/mol. The lowest BCUT2D eigenvalue weighted by molar-refractivity contribution is -0.145. The number of nitrogens with one attached hydrogen (secondary N) is 1. The molecule has 2 fully saturated rings. The second kappa shape index (κ2) is 6.38. The first-order valence-electron chi connectivity index (χ1n) is 9.66. The molecule has 26 heavy (non-hydrogen) atoms. The van der Waals surface area contributed by atoms with E-state index in [1.165, 1.54) is 5.56 Å². The quantitative estimate of drug-likeness (QED) is 0.882. The average Bonchev–Trinajstić information content (AvgIpc) is 3.53. The van der Waals surface area contributed by atoms with Gasteiger partial charge in [0, 0.05) is 26.6 Å². The number of hydrogen-bond donors (Lipinski definition) is 1. The molecule has 1 atom stereocenters. The van der Waals surface area contributed by atoms with Crippen LogP contribution in [0.1, 0.15) is 56.2 Å². The molecular formula is C21H28N2O3. The fourth-order valence-corrected chi connectivity index (χ4v) is 4.01. The summed E-state index contributed by atoms with van der Waals surface area (Å²) in [5, 5.41) is 3.21. The summed E-state index contributed by atoms with van der Waals surface area (Å²) >= 11 is 0. The summed E-state index contributed by atoms with van der Waals surface area (Å²) in [6, 6.07) is 8.07. The fraction of sp³-hybridized carbons (Fsp3) is 0.619. The van der Waals surface area contributed by atoms with Gasteiger partial charge in [0.05, 0.1) is 6.04 Å². The van der Waals surface area contributed by atoms with Crippen LogP contribution in [0, 0.1) is 5.41 Å². The second-order valence-electron chi connectivity index (χ2n) is 8.51. The van der Waals surface area contributed by atoms with E-state index in [-0.39, 0.29) is 23.3 Å². The van der Waals surface area contributed by atoms with Crippen molar-refractivity contribution in [3.63, 3.8) is 0 Å². The van der Waals surface area contributed by atoms with E-state index >= 15 is 0 Å². The van der Waals surface area contributed by atoms with E-state index < -0.39 is 5.60 Å². The van der Waals surface area contributed by atoms with E-state index in [0.717, 1.165) is 37.7 Å². The number of fused-ring (bicyclic) bond motifs is 1. The standard InChI is InChI=1S/C21H28N2O3/c1-20(8-9-20)13-18(24)22-17-14-23(19(25)21(26-2)10-11-21)12-7-15-5-3-4-6-16(15)17/h3-6,17H,7-14H2,1-2H3,(H,22,24). The van der Waals surface area contributed by atoms with Crippen LogP contribution in [0.3, 0.4) is 0 Å². The van der Waals surface area contributed by atoms with Gasteiger partial charge in [0.2, 0.25) is 5.91 Å². The van der Waals surface area contributed by atoms with Crippen molar-refractivity contribution in [1.29, 1.82) is 0 Å². The van der Waals surface area contributed by atoms with Crippen LogP contribution in [0.2, 0.25) is 0 Å². The lowest BCUT2D eigenvalue weighted by atomic mass is 9.98. The van der Waals surface area contributed by atoms with Gasteiger partial charge in [-0.3, -0.25) is 9.59 Å². The number of hydrogen-bond acceptors (Lipinski definition) is 3. The van der Waals surface area contributed by atoms with Crippen molar-refractivity contribution >= 4 is 11.8 Å². The second-order valence-corrected chi connectivity index (χ2v) is 8.51. The van der Waals surface area contributed by atoms with Gasteiger partial charge in [0.15, 0.2) is 0 Å². The predicted octanol–water partition coefficient (Wildman–Crippen LogP) is 2.60. The molecule has 1 aliphatic heterocycles. The van der Waals surface area contributed by atoms with Gasteiger partial charge in [0.25, 0.3) is 5.91 Å². The molecule has 140 valence electrons. The van der Waals surface area contributed by atoms with E-state index in [9.17, 15) is 9.59 Å². The zero-order chi connectivity index (χ0) is 18.4. The van der Waals surface area contributed by atoms with E-state index in [0.29, 0.717) is 19.5 Å². The number of rotatable bonds is 5. The molecule has 5 nitrogen and oxygen atoms in total. The Morgan fingerprint density at radius 3 is 2.62 bits per heavy atom. The molecule has 1 N–H and O–H groups in total. The van der Waals surface area contributed by atoms with Crippen LogP contribution < -0.4 is 5.32 Å². The zero-order valence-electron chi connectivity index (χ0n) is 15.7. The summed E-state index contributed by atoms with van der Waals surface area (Å²) in [6.07, 6.45) is 5.22. The number of carbonyl (C=O) groups is 2. The van der Waals surface area contributed by atoms with Gasteiger partial charge in [-0.05, 0) is 48.6 Å². The maximum atomic E-state index is 13.0. The molecule has 4 rings (SSSR count). The minimum absolute atomic E-state index is 0.0706. The zero-order valence-corrected chi connectivity index (χ0v) is 15.7. The van der Waals surface area contributed by atoms with Crippen LogP contribution in [0.25, 0.3) is 0 Å². The Bertz CT molecular complexity index is 722.